The molecule has 2 aromatic rings. The maximum absolute atomic E-state index is 11.5. The van der Waals surface area contributed by atoms with Crippen LogP contribution in [0.15, 0.2) is 56.8 Å². The summed E-state index contributed by atoms with van der Waals surface area (Å²) in [5.74, 6) is 5.57. The van der Waals surface area contributed by atoms with Gasteiger partial charge in [-0.2, -0.15) is 5.10 Å². The average molecular weight is 255 g/mol. The molecule has 4 N–H and O–H groups in total. The lowest BCUT2D eigenvalue weighted by Crippen LogP contribution is -2.17. The van der Waals surface area contributed by atoms with Gasteiger partial charge in [-0.1, -0.05) is 36.4 Å². The zero-order valence-corrected chi connectivity index (χ0v) is 10.1. The molecule has 1 aromatic carbocycles. The van der Waals surface area contributed by atoms with E-state index in [4.69, 9.17) is 16.0 Å². The minimum absolute atomic E-state index is 0.0212. The molecule has 0 amide bonds. The smallest absolute Gasteiger partial charge is 0.186 e. The van der Waals surface area contributed by atoms with Gasteiger partial charge in [-0.25, -0.2) is 0 Å². The molecule has 5 heteroatoms. The monoisotopic (exact) mass is 255 g/mol. The van der Waals surface area contributed by atoms with E-state index >= 15 is 0 Å². The Bertz CT molecular complexity index is 673. The number of nitrogens with zero attached hydrogens (tertiary/aromatic N) is 1. The van der Waals surface area contributed by atoms with Crippen LogP contribution in [0.2, 0.25) is 0 Å². The predicted molar refractivity (Wildman–Crippen MR) is 75.3 cm³/mol. The van der Waals surface area contributed by atoms with E-state index in [1.165, 1.54) is 12.1 Å². The maximum atomic E-state index is 11.5. The van der Waals surface area contributed by atoms with Crippen molar-refractivity contribution in [2.24, 2.45) is 16.7 Å². The van der Waals surface area contributed by atoms with E-state index < -0.39 is 0 Å². The van der Waals surface area contributed by atoms with Crippen LogP contribution in [-0.2, 0) is 0 Å². The first-order valence-corrected chi connectivity index (χ1v) is 5.61. The Hall–Kier alpha value is -2.82. The lowest BCUT2D eigenvalue weighted by Gasteiger charge is -1.99. The number of hydrogen-bond donors (Lipinski definition) is 2. The van der Waals surface area contributed by atoms with Gasteiger partial charge in [-0.15, -0.1) is 0 Å². The fourth-order valence-electron chi connectivity index (χ4n) is 1.51. The number of amidine groups is 1. The highest BCUT2D eigenvalue weighted by atomic mass is 16.3. The molecule has 96 valence electrons. The molecule has 0 saturated heterocycles. The Kier molecular flexibility index (Phi) is 3.78. The van der Waals surface area contributed by atoms with Crippen molar-refractivity contribution in [3.63, 3.8) is 0 Å². The molecule has 0 aliphatic carbocycles. The van der Waals surface area contributed by atoms with E-state index in [1.54, 1.807) is 6.08 Å². The molecule has 2 rings (SSSR count). The van der Waals surface area contributed by atoms with Crippen molar-refractivity contribution in [1.29, 1.82) is 0 Å². The molecule has 0 radical (unpaired) electrons. The first kappa shape index (κ1) is 12.6. The summed E-state index contributed by atoms with van der Waals surface area (Å²) in [7, 11) is 0. The Morgan fingerprint density at radius 1 is 1.16 bits per heavy atom. The largest absolute Gasteiger partial charge is 0.453 e. The summed E-state index contributed by atoms with van der Waals surface area (Å²) in [6.07, 6.45) is 3.52. The third kappa shape index (κ3) is 3.32. The molecule has 0 bridgehead atoms. The van der Waals surface area contributed by atoms with Crippen molar-refractivity contribution in [3.8, 4) is 0 Å². The van der Waals surface area contributed by atoms with E-state index in [2.05, 4.69) is 5.10 Å². The molecule has 1 aromatic heterocycles. The van der Waals surface area contributed by atoms with Crippen molar-refractivity contribution < 1.29 is 4.42 Å². The topological polar surface area (TPSA) is 94.6 Å². The molecule has 0 unspecified atom stereocenters. The molecule has 1 heterocycles. The number of benzene rings is 1. The molecule has 0 fully saturated rings. The molecule has 19 heavy (non-hydrogen) atoms. The average Bonchev–Trinajstić information content (AvgIpc) is 2.45. The number of rotatable bonds is 3. The van der Waals surface area contributed by atoms with Crippen molar-refractivity contribution in [1.82, 2.24) is 0 Å². The Morgan fingerprint density at radius 2 is 1.89 bits per heavy atom. The fraction of sp³-hybridized carbons (Fsp3) is 0. The normalized spacial score (nSPS) is 11.9. The van der Waals surface area contributed by atoms with Crippen molar-refractivity contribution >= 4 is 18.0 Å². The van der Waals surface area contributed by atoms with Crippen LogP contribution in [-0.4, -0.2) is 5.84 Å². The summed E-state index contributed by atoms with van der Waals surface area (Å²) in [6.45, 7) is 0. The highest BCUT2D eigenvalue weighted by Gasteiger charge is 2.04. The summed E-state index contributed by atoms with van der Waals surface area (Å²) in [6, 6.07) is 12.3. The zero-order chi connectivity index (χ0) is 13.7. The van der Waals surface area contributed by atoms with Crippen LogP contribution in [0.25, 0.3) is 12.2 Å². The molecular formula is C14H13N3O2. The molecule has 0 saturated carbocycles. The second-order valence-electron chi connectivity index (χ2n) is 3.82. The molecule has 5 nitrogen and oxygen atoms in total. The van der Waals surface area contributed by atoms with E-state index in [1.807, 2.05) is 36.4 Å². The van der Waals surface area contributed by atoms with Crippen molar-refractivity contribution in [2.75, 3.05) is 0 Å². The van der Waals surface area contributed by atoms with Gasteiger partial charge in [0.05, 0.1) is 0 Å². The summed E-state index contributed by atoms with van der Waals surface area (Å²) in [4.78, 5) is 11.5. The SMILES string of the molecule is N/N=C(/N)c1cc(=O)cc(/C=C\c2ccccc2)o1. The van der Waals surface area contributed by atoms with Crippen LogP contribution < -0.4 is 17.0 Å². The quantitative estimate of drug-likeness (QED) is 0.375. The Morgan fingerprint density at radius 3 is 2.58 bits per heavy atom. The van der Waals surface area contributed by atoms with Crippen LogP contribution in [0.1, 0.15) is 17.1 Å². The van der Waals surface area contributed by atoms with E-state index in [0.717, 1.165) is 5.56 Å². The standard InChI is InChI=1S/C14H13N3O2/c15-14(17-16)13-9-11(18)8-12(19-13)7-6-10-4-2-1-3-5-10/h1-9H,16H2,(H2,15,17)/b7-6-. The third-order valence-electron chi connectivity index (χ3n) is 2.42. The second-order valence-corrected chi connectivity index (χ2v) is 3.82. The summed E-state index contributed by atoms with van der Waals surface area (Å²) in [5, 5.41) is 3.30. The summed E-state index contributed by atoms with van der Waals surface area (Å²) in [5.41, 5.74) is 6.28. The van der Waals surface area contributed by atoms with Gasteiger partial charge in [-0.3, -0.25) is 4.79 Å². The van der Waals surface area contributed by atoms with Gasteiger partial charge in [0.15, 0.2) is 17.0 Å². The van der Waals surface area contributed by atoms with Gasteiger partial charge < -0.3 is 16.0 Å². The molecule has 0 atom stereocenters. The van der Waals surface area contributed by atoms with Crippen LogP contribution in [0.5, 0.6) is 0 Å². The molecule has 0 spiro atoms. The van der Waals surface area contributed by atoms with Gasteiger partial charge in [-0.05, 0) is 11.6 Å². The van der Waals surface area contributed by atoms with Gasteiger partial charge >= 0.3 is 0 Å². The van der Waals surface area contributed by atoms with Crippen LogP contribution in [0, 0.1) is 0 Å². The molecule has 0 aliphatic rings. The third-order valence-corrected chi connectivity index (χ3v) is 2.42. The van der Waals surface area contributed by atoms with Gasteiger partial charge in [0, 0.05) is 12.1 Å². The molecule has 0 aliphatic heterocycles. The first-order valence-electron chi connectivity index (χ1n) is 5.61. The number of nitrogens with two attached hydrogens (primary N) is 2. The highest BCUT2D eigenvalue weighted by Crippen LogP contribution is 2.08. The maximum Gasteiger partial charge on any atom is 0.186 e. The first-order chi connectivity index (χ1) is 9.19. The van der Waals surface area contributed by atoms with Gasteiger partial charge in [0.25, 0.3) is 0 Å². The number of hydrazone groups is 1. The predicted octanol–water partition coefficient (Wildman–Crippen LogP) is 1.39. The summed E-state index contributed by atoms with van der Waals surface area (Å²) < 4.78 is 5.41. The minimum atomic E-state index is -0.222. The lowest BCUT2D eigenvalue weighted by molar-refractivity contribution is 0.527. The minimum Gasteiger partial charge on any atom is -0.453 e. The van der Waals surface area contributed by atoms with Gasteiger partial charge in [0.1, 0.15) is 5.76 Å². The van der Waals surface area contributed by atoms with Crippen molar-refractivity contribution in [3.05, 3.63) is 69.8 Å². The van der Waals surface area contributed by atoms with E-state index in [9.17, 15) is 4.79 Å². The number of hydrogen-bond acceptors (Lipinski definition) is 4. The fourth-order valence-corrected chi connectivity index (χ4v) is 1.51. The van der Waals surface area contributed by atoms with Crippen molar-refractivity contribution in [2.45, 2.75) is 0 Å². The van der Waals surface area contributed by atoms with E-state index in [0.29, 0.717) is 5.76 Å². The van der Waals surface area contributed by atoms with E-state index in [-0.39, 0.29) is 17.0 Å². The Labute approximate surface area is 109 Å². The van der Waals surface area contributed by atoms with Crippen LogP contribution >= 0.6 is 0 Å². The second kappa shape index (κ2) is 5.68. The zero-order valence-electron chi connectivity index (χ0n) is 10.1. The van der Waals surface area contributed by atoms with Crippen LogP contribution in [0.3, 0.4) is 0 Å². The summed E-state index contributed by atoms with van der Waals surface area (Å²) >= 11 is 0. The Balaban J connectivity index is 2.33. The van der Waals surface area contributed by atoms with Gasteiger partial charge in [0.2, 0.25) is 0 Å². The van der Waals surface area contributed by atoms with Crippen LogP contribution in [0.4, 0.5) is 0 Å². The lowest BCUT2D eigenvalue weighted by atomic mass is 10.2. The highest BCUT2D eigenvalue weighted by molar-refractivity contribution is 5.94. The molecular weight excluding hydrogens is 242 g/mol.